The Labute approximate surface area is 267 Å². The van der Waals surface area contributed by atoms with Gasteiger partial charge >= 0.3 is 0 Å². The van der Waals surface area contributed by atoms with Crippen molar-refractivity contribution in [3.8, 4) is 11.5 Å². The molecule has 246 valence electrons. The highest BCUT2D eigenvalue weighted by Crippen LogP contribution is 2.34. The smallest absolute Gasteiger partial charge is 0.119 e. The third kappa shape index (κ3) is 11.3. The van der Waals surface area contributed by atoms with Gasteiger partial charge in [-0.1, -0.05) is 63.8 Å². The summed E-state index contributed by atoms with van der Waals surface area (Å²) in [6, 6.07) is 16.1. The van der Waals surface area contributed by atoms with Crippen LogP contribution in [0.2, 0.25) is 0 Å². The summed E-state index contributed by atoms with van der Waals surface area (Å²) in [4.78, 5) is 5.16. The van der Waals surface area contributed by atoms with E-state index in [1.54, 1.807) is 0 Å². The van der Waals surface area contributed by atoms with Crippen LogP contribution in [0.4, 0.5) is 0 Å². The lowest BCUT2D eigenvalue weighted by atomic mass is 9.84. The normalized spacial score (nSPS) is 19.8. The van der Waals surface area contributed by atoms with Crippen molar-refractivity contribution in [1.82, 2.24) is 9.80 Å². The first-order chi connectivity index (χ1) is 21.6. The molecule has 0 spiro atoms. The minimum absolute atomic E-state index is 0.0964. The fourth-order valence-electron chi connectivity index (χ4n) is 6.93. The maximum Gasteiger partial charge on any atom is 0.119 e. The van der Waals surface area contributed by atoms with E-state index in [9.17, 15) is 10.2 Å². The van der Waals surface area contributed by atoms with Gasteiger partial charge in [-0.3, -0.25) is 0 Å². The molecule has 2 heterocycles. The second-order valence-electron chi connectivity index (χ2n) is 13.3. The first-order valence-corrected chi connectivity index (χ1v) is 17.8. The summed E-state index contributed by atoms with van der Waals surface area (Å²) in [5.74, 6) is 1.91. The first kappa shape index (κ1) is 34.7. The molecule has 0 bridgehead atoms. The Morgan fingerprint density at radius 1 is 0.545 bits per heavy atom. The SMILES string of the molecule is CCCOc1ccc(C(O)C(CCC(CN2CCCCCC2)C(O)c2ccc(OCCC)cc2)CN2CCCCCC2)cc1. The largest absolute Gasteiger partial charge is 0.494 e. The van der Waals surface area contributed by atoms with Gasteiger partial charge < -0.3 is 29.5 Å². The molecule has 2 aliphatic rings. The molecule has 2 aliphatic heterocycles. The van der Waals surface area contributed by atoms with Gasteiger partial charge in [0.15, 0.2) is 0 Å². The Balaban J connectivity index is 1.51. The number of hydrogen-bond donors (Lipinski definition) is 2. The number of nitrogens with zero attached hydrogens (tertiary/aromatic N) is 2. The Kier molecular flexibility index (Phi) is 15.3. The summed E-state index contributed by atoms with van der Waals surface area (Å²) < 4.78 is 11.6. The highest BCUT2D eigenvalue weighted by molar-refractivity contribution is 5.30. The maximum atomic E-state index is 11.8. The lowest BCUT2D eigenvalue weighted by Crippen LogP contribution is -2.36. The van der Waals surface area contributed by atoms with Crippen molar-refractivity contribution in [3.05, 3.63) is 59.7 Å². The zero-order valence-corrected chi connectivity index (χ0v) is 27.7. The van der Waals surface area contributed by atoms with E-state index in [4.69, 9.17) is 9.47 Å². The van der Waals surface area contributed by atoms with Crippen LogP contribution in [-0.4, -0.2) is 72.5 Å². The lowest BCUT2D eigenvalue weighted by molar-refractivity contribution is 0.0449. The first-order valence-electron chi connectivity index (χ1n) is 17.8. The van der Waals surface area contributed by atoms with Gasteiger partial charge in [0.25, 0.3) is 0 Å². The van der Waals surface area contributed by atoms with Gasteiger partial charge in [0.2, 0.25) is 0 Å². The average molecular weight is 609 g/mol. The summed E-state index contributed by atoms with van der Waals surface area (Å²) in [5, 5.41) is 23.6. The van der Waals surface area contributed by atoms with E-state index >= 15 is 0 Å². The summed E-state index contributed by atoms with van der Waals surface area (Å²) in [6.45, 7) is 11.9. The van der Waals surface area contributed by atoms with Gasteiger partial charge in [-0.05, 0) is 113 Å². The zero-order chi connectivity index (χ0) is 31.0. The molecule has 4 atom stereocenters. The quantitative estimate of drug-likeness (QED) is 0.191. The molecule has 0 amide bonds. The Bertz CT molecular complexity index is 931. The summed E-state index contributed by atoms with van der Waals surface area (Å²) >= 11 is 0. The van der Waals surface area contributed by atoms with Gasteiger partial charge in [0.1, 0.15) is 11.5 Å². The molecule has 4 rings (SSSR count). The van der Waals surface area contributed by atoms with Crippen molar-refractivity contribution in [2.24, 2.45) is 11.8 Å². The Morgan fingerprint density at radius 2 is 0.886 bits per heavy atom. The third-order valence-electron chi connectivity index (χ3n) is 9.57. The molecule has 2 aromatic rings. The maximum absolute atomic E-state index is 11.8. The van der Waals surface area contributed by atoms with Crippen LogP contribution < -0.4 is 9.47 Å². The molecule has 4 unspecified atom stereocenters. The third-order valence-corrected chi connectivity index (χ3v) is 9.57. The molecular weight excluding hydrogens is 548 g/mol. The van der Waals surface area contributed by atoms with Crippen LogP contribution in [0, 0.1) is 11.8 Å². The standard InChI is InChI=1S/C38H60N2O4/c1-3-27-43-35-19-15-31(16-20-35)37(41)33(29-39-23-9-5-6-10-24-39)13-14-34(30-40-25-11-7-8-12-26-40)38(42)32-17-21-36(22-18-32)44-28-4-2/h15-22,33-34,37-38,41-42H,3-14,23-30H2,1-2H3. The van der Waals surface area contributed by atoms with Crippen LogP contribution in [-0.2, 0) is 0 Å². The van der Waals surface area contributed by atoms with E-state index in [0.29, 0.717) is 13.2 Å². The number of hydrogen-bond acceptors (Lipinski definition) is 6. The van der Waals surface area contributed by atoms with Crippen LogP contribution in [0.5, 0.6) is 11.5 Å². The summed E-state index contributed by atoms with van der Waals surface area (Å²) in [5.41, 5.74) is 1.92. The number of aliphatic hydroxyl groups is 2. The second-order valence-corrected chi connectivity index (χ2v) is 13.3. The number of rotatable bonds is 17. The van der Waals surface area contributed by atoms with Crippen LogP contribution in [0.25, 0.3) is 0 Å². The van der Waals surface area contributed by atoms with Crippen LogP contribution >= 0.6 is 0 Å². The Hall–Kier alpha value is -2.12. The van der Waals surface area contributed by atoms with Crippen molar-refractivity contribution in [2.75, 3.05) is 52.5 Å². The molecule has 6 heteroatoms. The van der Waals surface area contributed by atoms with Crippen molar-refractivity contribution in [2.45, 2.75) is 103 Å². The lowest BCUT2D eigenvalue weighted by Gasteiger charge is -2.34. The van der Waals surface area contributed by atoms with Crippen molar-refractivity contribution in [1.29, 1.82) is 0 Å². The van der Waals surface area contributed by atoms with Crippen LogP contribution in [0.3, 0.4) is 0 Å². The fourth-order valence-corrected chi connectivity index (χ4v) is 6.93. The summed E-state index contributed by atoms with van der Waals surface area (Å²) in [6.07, 6.45) is 12.7. The van der Waals surface area contributed by atoms with E-state index in [1.165, 1.54) is 51.4 Å². The zero-order valence-electron chi connectivity index (χ0n) is 27.7. The molecule has 2 fully saturated rings. The number of aliphatic hydroxyl groups excluding tert-OH is 2. The predicted molar refractivity (Wildman–Crippen MR) is 180 cm³/mol. The van der Waals surface area contributed by atoms with Gasteiger partial charge in [0.05, 0.1) is 25.4 Å². The molecular formula is C38H60N2O4. The minimum atomic E-state index is -0.551. The number of ether oxygens (including phenoxy) is 2. The molecule has 0 radical (unpaired) electrons. The number of benzene rings is 2. The topological polar surface area (TPSA) is 65.4 Å². The van der Waals surface area contributed by atoms with Crippen LogP contribution in [0.1, 0.15) is 114 Å². The molecule has 0 aliphatic carbocycles. The van der Waals surface area contributed by atoms with Crippen molar-refractivity contribution in [3.63, 3.8) is 0 Å². The van der Waals surface area contributed by atoms with E-state index in [1.807, 2.05) is 48.5 Å². The number of likely N-dealkylation sites (tertiary alicyclic amines) is 2. The highest BCUT2D eigenvalue weighted by atomic mass is 16.5. The molecule has 6 nitrogen and oxygen atoms in total. The molecule has 2 saturated heterocycles. The average Bonchev–Trinajstić information content (AvgIpc) is 3.49. The fraction of sp³-hybridized carbons (Fsp3) is 0.684. The predicted octanol–water partition coefficient (Wildman–Crippen LogP) is 7.80. The molecule has 2 aromatic carbocycles. The van der Waals surface area contributed by atoms with Gasteiger partial charge in [-0.15, -0.1) is 0 Å². The molecule has 2 N–H and O–H groups in total. The summed E-state index contributed by atoms with van der Waals surface area (Å²) in [7, 11) is 0. The van der Waals surface area contributed by atoms with E-state index < -0.39 is 12.2 Å². The van der Waals surface area contributed by atoms with E-state index in [2.05, 4.69) is 23.6 Å². The molecule has 0 saturated carbocycles. The Morgan fingerprint density at radius 3 is 1.20 bits per heavy atom. The van der Waals surface area contributed by atoms with E-state index in [0.717, 1.165) is 87.6 Å². The highest BCUT2D eigenvalue weighted by Gasteiger charge is 2.29. The van der Waals surface area contributed by atoms with Gasteiger partial charge in [-0.25, -0.2) is 0 Å². The van der Waals surface area contributed by atoms with Gasteiger partial charge in [0, 0.05) is 24.9 Å². The van der Waals surface area contributed by atoms with Crippen molar-refractivity contribution >= 4 is 0 Å². The van der Waals surface area contributed by atoms with Crippen LogP contribution in [0.15, 0.2) is 48.5 Å². The van der Waals surface area contributed by atoms with E-state index in [-0.39, 0.29) is 11.8 Å². The monoisotopic (exact) mass is 608 g/mol. The minimum Gasteiger partial charge on any atom is -0.494 e. The molecule has 44 heavy (non-hydrogen) atoms. The second kappa shape index (κ2) is 19.4. The van der Waals surface area contributed by atoms with Gasteiger partial charge in [-0.2, -0.15) is 0 Å². The molecule has 0 aromatic heterocycles. The van der Waals surface area contributed by atoms with Crippen molar-refractivity contribution < 1.29 is 19.7 Å².